The molecule has 176 valence electrons. The lowest BCUT2D eigenvalue weighted by Crippen LogP contribution is -3.14. The highest BCUT2D eigenvalue weighted by Crippen LogP contribution is 2.38. The van der Waals surface area contributed by atoms with Crippen LogP contribution in [0, 0.1) is 0 Å². The van der Waals surface area contributed by atoms with Crippen LogP contribution in [0.25, 0.3) is 0 Å². The number of benzene rings is 1. The predicted molar refractivity (Wildman–Crippen MR) is 118 cm³/mol. The van der Waals surface area contributed by atoms with Crippen molar-refractivity contribution in [2.45, 2.75) is 25.8 Å². The van der Waals surface area contributed by atoms with Gasteiger partial charge in [0.05, 0.1) is 38.7 Å². The Bertz CT molecular complexity index is 977. The van der Waals surface area contributed by atoms with Crippen molar-refractivity contribution in [1.82, 2.24) is 4.90 Å². The van der Waals surface area contributed by atoms with Gasteiger partial charge in [-0.2, -0.15) is 0 Å². The summed E-state index contributed by atoms with van der Waals surface area (Å²) >= 11 is 0. The molecular formula is C25H30N2O6. The molecule has 0 saturated carbocycles. The Morgan fingerprint density at radius 2 is 1.97 bits per heavy atom. The van der Waals surface area contributed by atoms with E-state index in [4.69, 9.17) is 13.9 Å². The van der Waals surface area contributed by atoms with Gasteiger partial charge in [-0.25, -0.2) is 0 Å². The topological polar surface area (TPSA) is 96.5 Å². The maximum atomic E-state index is 13.1. The molecule has 0 bridgehead atoms. The summed E-state index contributed by atoms with van der Waals surface area (Å²) in [6.45, 7) is 7.24. The Kier molecular flexibility index (Phi) is 7.47. The second kappa shape index (κ2) is 10.7. The van der Waals surface area contributed by atoms with Crippen LogP contribution in [-0.4, -0.2) is 62.6 Å². The summed E-state index contributed by atoms with van der Waals surface area (Å²) in [7, 11) is 0. The molecule has 1 fully saturated rings. The smallest absolute Gasteiger partial charge is 0.239 e. The number of rotatable bonds is 10. The van der Waals surface area contributed by atoms with Gasteiger partial charge in [0.2, 0.25) is 11.7 Å². The van der Waals surface area contributed by atoms with Gasteiger partial charge in [0.25, 0.3) is 0 Å². The molecule has 1 amide bonds. The van der Waals surface area contributed by atoms with Crippen LogP contribution in [0.1, 0.15) is 41.9 Å². The third-order valence-corrected chi connectivity index (χ3v) is 6.07. The molecule has 1 unspecified atom stereocenters. The van der Waals surface area contributed by atoms with E-state index in [0.29, 0.717) is 24.5 Å². The van der Waals surface area contributed by atoms with Crippen molar-refractivity contribution < 1.29 is 33.5 Å². The van der Waals surface area contributed by atoms with Gasteiger partial charge >= 0.3 is 0 Å². The summed E-state index contributed by atoms with van der Waals surface area (Å²) in [5.74, 6) is -1.18. The van der Waals surface area contributed by atoms with Crippen molar-refractivity contribution in [1.29, 1.82) is 0 Å². The van der Waals surface area contributed by atoms with Crippen LogP contribution in [0.3, 0.4) is 0 Å². The normalized spacial score (nSPS) is 19.4. The van der Waals surface area contributed by atoms with E-state index < -0.39 is 23.5 Å². The third kappa shape index (κ3) is 5.12. The molecule has 1 N–H and O–H groups in total. The molecule has 1 saturated heterocycles. The minimum absolute atomic E-state index is 0.0543. The maximum absolute atomic E-state index is 13.1. The lowest BCUT2D eigenvalue weighted by atomic mass is 9.95. The molecule has 3 heterocycles. The van der Waals surface area contributed by atoms with Crippen LogP contribution >= 0.6 is 0 Å². The number of ketones is 1. The van der Waals surface area contributed by atoms with Crippen LogP contribution in [0.4, 0.5) is 0 Å². The Labute approximate surface area is 193 Å². The molecule has 0 radical (unpaired) electrons. The molecule has 8 heteroatoms. The zero-order valence-corrected chi connectivity index (χ0v) is 18.9. The highest BCUT2D eigenvalue weighted by Gasteiger charge is 2.40. The minimum Gasteiger partial charge on any atom is -0.868 e. The molecule has 8 nitrogen and oxygen atoms in total. The average Bonchev–Trinajstić information content (AvgIpc) is 3.47. The Morgan fingerprint density at radius 1 is 1.21 bits per heavy atom. The second-order valence-electron chi connectivity index (χ2n) is 8.33. The van der Waals surface area contributed by atoms with Crippen molar-refractivity contribution in [2.24, 2.45) is 0 Å². The van der Waals surface area contributed by atoms with Crippen LogP contribution in [-0.2, 0) is 9.53 Å². The number of furan rings is 1. The van der Waals surface area contributed by atoms with E-state index in [1.807, 2.05) is 31.2 Å². The van der Waals surface area contributed by atoms with E-state index >= 15 is 0 Å². The van der Waals surface area contributed by atoms with E-state index in [0.717, 1.165) is 45.7 Å². The first kappa shape index (κ1) is 23.1. The molecule has 1 aromatic heterocycles. The van der Waals surface area contributed by atoms with Crippen LogP contribution < -0.4 is 14.7 Å². The lowest BCUT2D eigenvalue weighted by Gasteiger charge is -2.29. The van der Waals surface area contributed by atoms with E-state index in [9.17, 15) is 14.7 Å². The first-order valence-corrected chi connectivity index (χ1v) is 11.5. The first-order valence-electron chi connectivity index (χ1n) is 11.5. The van der Waals surface area contributed by atoms with Gasteiger partial charge in [-0.3, -0.25) is 9.59 Å². The quantitative estimate of drug-likeness (QED) is 0.533. The third-order valence-electron chi connectivity index (χ3n) is 6.07. The molecule has 0 spiro atoms. The van der Waals surface area contributed by atoms with Crippen LogP contribution in [0.15, 0.2) is 58.4 Å². The number of hydrogen-bond donors (Lipinski definition) is 1. The number of carbonyl (C=O) groups excluding carboxylic acids is 2. The molecule has 2 aromatic rings. The van der Waals surface area contributed by atoms with Gasteiger partial charge in [-0.1, -0.05) is 19.1 Å². The first-order chi connectivity index (χ1) is 16.1. The Hall–Kier alpha value is -3.10. The fourth-order valence-electron chi connectivity index (χ4n) is 4.36. The maximum Gasteiger partial charge on any atom is 0.239 e. The van der Waals surface area contributed by atoms with E-state index in [1.54, 1.807) is 6.07 Å². The SMILES string of the molecule is CCCOc1ccc(C2C(C(=O)c3ccco3)=C([O-])C(=O)N2CCC[NH+]2CCOCC2)cc1. The number of ether oxygens (including phenoxy) is 2. The molecule has 1 atom stereocenters. The Balaban J connectivity index is 1.58. The number of carbonyl (C=O) groups is 2. The molecular weight excluding hydrogens is 424 g/mol. The largest absolute Gasteiger partial charge is 0.868 e. The summed E-state index contributed by atoms with van der Waals surface area (Å²) in [4.78, 5) is 29.1. The zero-order chi connectivity index (χ0) is 23.2. The second-order valence-corrected chi connectivity index (χ2v) is 8.33. The number of Topliss-reactive ketones (excluding diaryl/α,β-unsaturated/α-hetero) is 1. The fraction of sp³-hybridized carbons (Fsp3) is 0.440. The number of amides is 1. The number of nitrogens with zero attached hydrogens (tertiary/aromatic N) is 1. The van der Waals surface area contributed by atoms with Crippen molar-refractivity contribution in [3.05, 3.63) is 65.3 Å². The highest BCUT2D eigenvalue weighted by molar-refractivity contribution is 6.14. The van der Waals surface area contributed by atoms with Gasteiger partial charge in [0.15, 0.2) is 5.76 Å². The van der Waals surface area contributed by atoms with Crippen molar-refractivity contribution in [2.75, 3.05) is 46.0 Å². The molecule has 33 heavy (non-hydrogen) atoms. The van der Waals surface area contributed by atoms with Gasteiger partial charge < -0.3 is 28.8 Å². The van der Waals surface area contributed by atoms with Gasteiger partial charge in [-0.05, 0) is 42.0 Å². The number of morpholine rings is 1. The Morgan fingerprint density at radius 3 is 2.64 bits per heavy atom. The lowest BCUT2D eigenvalue weighted by molar-refractivity contribution is -0.908. The molecule has 1 aromatic carbocycles. The van der Waals surface area contributed by atoms with E-state index in [-0.39, 0.29) is 11.3 Å². The van der Waals surface area contributed by atoms with Gasteiger partial charge in [0.1, 0.15) is 18.8 Å². The summed E-state index contributed by atoms with van der Waals surface area (Å²) in [5.41, 5.74) is 0.641. The van der Waals surface area contributed by atoms with Crippen molar-refractivity contribution >= 4 is 11.7 Å². The van der Waals surface area contributed by atoms with Crippen molar-refractivity contribution in [3.8, 4) is 5.75 Å². The number of hydrogen-bond acceptors (Lipinski definition) is 6. The predicted octanol–water partition coefficient (Wildman–Crippen LogP) is 0.754. The van der Waals surface area contributed by atoms with Crippen molar-refractivity contribution in [3.63, 3.8) is 0 Å². The summed E-state index contributed by atoms with van der Waals surface area (Å²) < 4.78 is 16.3. The number of nitrogens with one attached hydrogen (secondary N) is 1. The standard InChI is InChI=1S/C25H30N2O6/c1-2-14-32-19-8-6-18(7-9-19)22-21(23(28)20-5-3-15-33-20)24(29)25(30)27(22)11-4-10-26-12-16-31-17-13-26/h3,5-9,15,22,29H,2,4,10-14,16-17H2,1H3. The minimum atomic E-state index is -0.758. The highest BCUT2D eigenvalue weighted by atomic mass is 16.5. The van der Waals surface area contributed by atoms with Crippen LogP contribution in [0.5, 0.6) is 5.75 Å². The summed E-state index contributed by atoms with van der Waals surface area (Å²) in [6.07, 6.45) is 3.00. The van der Waals surface area contributed by atoms with E-state index in [2.05, 4.69) is 0 Å². The molecule has 0 aliphatic carbocycles. The molecule has 2 aliphatic heterocycles. The van der Waals surface area contributed by atoms with Gasteiger partial charge in [-0.15, -0.1) is 0 Å². The van der Waals surface area contributed by atoms with E-state index in [1.165, 1.54) is 22.1 Å². The summed E-state index contributed by atoms with van der Waals surface area (Å²) in [6, 6.07) is 9.60. The molecule has 4 rings (SSSR count). The summed E-state index contributed by atoms with van der Waals surface area (Å²) in [5, 5.41) is 13.0. The molecule has 2 aliphatic rings. The zero-order valence-electron chi connectivity index (χ0n) is 18.9. The van der Waals surface area contributed by atoms with Gasteiger partial charge in [0, 0.05) is 18.5 Å². The van der Waals surface area contributed by atoms with Crippen LogP contribution in [0.2, 0.25) is 0 Å². The monoisotopic (exact) mass is 454 g/mol. The fourth-order valence-corrected chi connectivity index (χ4v) is 4.36. The number of quaternary nitrogens is 1. The average molecular weight is 455 g/mol.